The summed E-state index contributed by atoms with van der Waals surface area (Å²) in [5, 5.41) is 0. The van der Waals surface area contributed by atoms with E-state index >= 15 is 0 Å². The molecule has 1 heterocycles. The van der Waals surface area contributed by atoms with Gasteiger partial charge in [-0.15, -0.1) is 0 Å². The van der Waals surface area contributed by atoms with E-state index in [4.69, 9.17) is 0 Å². The number of carbonyl (C=O) groups excluding carboxylic acids is 1. The molecule has 0 radical (unpaired) electrons. The maximum absolute atomic E-state index is 13.9. The summed E-state index contributed by atoms with van der Waals surface area (Å²) in [5.41, 5.74) is 0.364. The Morgan fingerprint density at radius 1 is 1.00 bits per heavy atom. The number of aromatic nitrogens is 2. The maximum Gasteiger partial charge on any atom is 0.240 e. The first-order chi connectivity index (χ1) is 12.5. The molecule has 0 amide bonds. The van der Waals surface area contributed by atoms with Crippen molar-refractivity contribution in [2.45, 2.75) is 4.90 Å². The summed E-state index contributed by atoms with van der Waals surface area (Å²) in [7, 11) is -3.83. The van der Waals surface area contributed by atoms with Crippen molar-refractivity contribution in [3.63, 3.8) is 0 Å². The van der Waals surface area contributed by atoms with Crippen LogP contribution in [0.3, 0.4) is 0 Å². The lowest BCUT2D eigenvalue weighted by Crippen LogP contribution is -2.29. The van der Waals surface area contributed by atoms with Crippen LogP contribution in [0.4, 0.5) is 4.39 Å². The van der Waals surface area contributed by atoms with Crippen LogP contribution in [-0.4, -0.2) is 30.7 Å². The van der Waals surface area contributed by atoms with Gasteiger partial charge < -0.3 is 0 Å². The molecule has 26 heavy (non-hydrogen) atoms. The van der Waals surface area contributed by atoms with Crippen molar-refractivity contribution in [2.75, 3.05) is 6.54 Å². The molecular weight excluding hydrogens is 357 g/mol. The Hall–Kier alpha value is -2.97. The van der Waals surface area contributed by atoms with E-state index in [1.54, 1.807) is 24.3 Å². The Morgan fingerprint density at radius 2 is 1.69 bits per heavy atom. The molecule has 6 nitrogen and oxygen atoms in total. The Bertz CT molecular complexity index is 1030. The summed E-state index contributed by atoms with van der Waals surface area (Å²) in [6.45, 7) is -0.490. The number of rotatable bonds is 6. The Labute approximate surface area is 149 Å². The van der Waals surface area contributed by atoms with Crippen LogP contribution >= 0.6 is 0 Å². The van der Waals surface area contributed by atoms with Crippen molar-refractivity contribution in [3.05, 3.63) is 78.4 Å². The lowest BCUT2D eigenvalue weighted by Gasteiger charge is -2.07. The van der Waals surface area contributed by atoms with Gasteiger partial charge in [0.1, 0.15) is 5.82 Å². The number of sulfonamides is 1. The van der Waals surface area contributed by atoms with Gasteiger partial charge in [0.2, 0.25) is 10.0 Å². The molecule has 0 fully saturated rings. The second-order valence-electron chi connectivity index (χ2n) is 5.36. The largest absolute Gasteiger partial charge is 0.293 e. The zero-order valence-corrected chi connectivity index (χ0v) is 14.3. The van der Waals surface area contributed by atoms with Gasteiger partial charge in [-0.25, -0.2) is 27.5 Å². The molecular formula is C18H14FN3O3S. The molecule has 132 valence electrons. The lowest BCUT2D eigenvalue weighted by atomic mass is 10.1. The molecule has 0 unspecified atom stereocenters. The Balaban J connectivity index is 1.79. The van der Waals surface area contributed by atoms with E-state index in [0.717, 1.165) is 6.07 Å². The van der Waals surface area contributed by atoms with E-state index in [0.29, 0.717) is 5.56 Å². The smallest absolute Gasteiger partial charge is 0.240 e. The number of ketones is 1. The van der Waals surface area contributed by atoms with Gasteiger partial charge in [0.05, 0.1) is 11.4 Å². The molecule has 3 rings (SSSR count). The third kappa shape index (κ3) is 4.16. The molecule has 0 aliphatic rings. The van der Waals surface area contributed by atoms with Gasteiger partial charge >= 0.3 is 0 Å². The van der Waals surface area contributed by atoms with Crippen LogP contribution in [0.1, 0.15) is 10.4 Å². The fraction of sp³-hybridized carbons (Fsp3) is 0.0556. The van der Waals surface area contributed by atoms with Gasteiger partial charge in [0.25, 0.3) is 0 Å². The van der Waals surface area contributed by atoms with E-state index in [1.807, 2.05) is 0 Å². The number of nitrogens with one attached hydrogen (secondary N) is 1. The van der Waals surface area contributed by atoms with Gasteiger partial charge in [0.15, 0.2) is 11.6 Å². The summed E-state index contributed by atoms with van der Waals surface area (Å²) < 4.78 is 40.4. The van der Waals surface area contributed by atoms with Gasteiger partial charge in [-0.2, -0.15) is 0 Å². The monoisotopic (exact) mass is 371 g/mol. The number of halogens is 1. The maximum atomic E-state index is 13.9. The van der Waals surface area contributed by atoms with Crippen LogP contribution in [0.25, 0.3) is 11.4 Å². The van der Waals surface area contributed by atoms with Gasteiger partial charge in [-0.3, -0.25) is 4.79 Å². The highest BCUT2D eigenvalue weighted by Gasteiger charge is 2.17. The molecule has 1 aromatic heterocycles. The zero-order chi connectivity index (χ0) is 18.6. The Kier molecular flexibility index (Phi) is 5.15. The highest BCUT2D eigenvalue weighted by atomic mass is 32.2. The van der Waals surface area contributed by atoms with E-state index in [2.05, 4.69) is 14.7 Å². The average Bonchev–Trinajstić information content (AvgIpc) is 2.67. The highest BCUT2D eigenvalue weighted by Crippen LogP contribution is 2.18. The molecule has 0 saturated carbocycles. The van der Waals surface area contributed by atoms with Crippen LogP contribution in [0, 0.1) is 5.82 Å². The third-order valence-electron chi connectivity index (χ3n) is 3.52. The van der Waals surface area contributed by atoms with E-state index in [1.165, 1.54) is 36.7 Å². The molecule has 0 atom stereocenters. The molecule has 1 N–H and O–H groups in total. The number of carbonyl (C=O) groups is 1. The summed E-state index contributed by atoms with van der Waals surface area (Å²) in [6, 6.07) is 13.0. The molecule has 0 bridgehead atoms. The van der Waals surface area contributed by atoms with Crippen molar-refractivity contribution in [1.82, 2.24) is 14.7 Å². The fourth-order valence-electron chi connectivity index (χ4n) is 2.27. The first kappa shape index (κ1) is 17.8. The molecule has 0 aliphatic heterocycles. The number of Topliss-reactive ketones (excluding diaryl/α,β-unsaturated/α-hetero) is 1. The first-order valence-electron chi connectivity index (χ1n) is 7.61. The van der Waals surface area contributed by atoms with Crippen LogP contribution in [0.15, 0.2) is 71.9 Å². The minimum Gasteiger partial charge on any atom is -0.293 e. The fourth-order valence-corrected chi connectivity index (χ4v) is 3.28. The normalized spacial score (nSPS) is 11.3. The summed E-state index contributed by atoms with van der Waals surface area (Å²) >= 11 is 0. The zero-order valence-electron chi connectivity index (χ0n) is 13.5. The number of hydrogen-bond acceptors (Lipinski definition) is 5. The minimum absolute atomic E-state index is 0.0308. The summed E-state index contributed by atoms with van der Waals surface area (Å²) in [4.78, 5) is 20.4. The average molecular weight is 371 g/mol. The van der Waals surface area contributed by atoms with Crippen LogP contribution < -0.4 is 4.72 Å². The second kappa shape index (κ2) is 7.51. The van der Waals surface area contributed by atoms with Crippen LogP contribution in [0.5, 0.6) is 0 Å². The van der Waals surface area contributed by atoms with E-state index < -0.39 is 28.2 Å². The molecule has 0 spiro atoms. The minimum atomic E-state index is -3.83. The van der Waals surface area contributed by atoms with Crippen molar-refractivity contribution in [1.29, 1.82) is 0 Å². The number of nitrogens with zero attached hydrogens (tertiary/aromatic N) is 2. The van der Waals surface area contributed by atoms with Crippen molar-refractivity contribution < 1.29 is 17.6 Å². The second-order valence-corrected chi connectivity index (χ2v) is 7.13. The van der Waals surface area contributed by atoms with E-state index in [9.17, 15) is 17.6 Å². The van der Waals surface area contributed by atoms with Crippen LogP contribution in [0.2, 0.25) is 0 Å². The predicted octanol–water partition coefficient (Wildman–Crippen LogP) is 2.44. The van der Waals surface area contributed by atoms with Crippen molar-refractivity contribution in [2.24, 2.45) is 0 Å². The lowest BCUT2D eigenvalue weighted by molar-refractivity contribution is 0.0996. The standard InChI is InChI=1S/C18H14FN3O3S/c19-15-10-13(9-14(11-15)18-20-7-4-8-21-18)17(23)12-22-26(24,25)16-5-2-1-3-6-16/h1-11,22H,12H2. The van der Waals surface area contributed by atoms with E-state index in [-0.39, 0.29) is 16.3 Å². The predicted molar refractivity (Wildman–Crippen MR) is 93.4 cm³/mol. The topological polar surface area (TPSA) is 89.0 Å². The number of hydrogen-bond donors (Lipinski definition) is 1. The van der Waals surface area contributed by atoms with Gasteiger partial charge in [-0.1, -0.05) is 18.2 Å². The number of benzene rings is 2. The summed E-state index contributed by atoms with van der Waals surface area (Å²) in [6.07, 6.45) is 3.01. The quantitative estimate of drug-likeness (QED) is 0.673. The first-order valence-corrected chi connectivity index (χ1v) is 9.10. The molecule has 8 heteroatoms. The molecule has 2 aromatic carbocycles. The highest BCUT2D eigenvalue weighted by molar-refractivity contribution is 7.89. The van der Waals surface area contributed by atoms with Gasteiger partial charge in [0, 0.05) is 23.5 Å². The molecule has 3 aromatic rings. The summed E-state index contributed by atoms with van der Waals surface area (Å²) in [5.74, 6) is -0.934. The van der Waals surface area contributed by atoms with Crippen molar-refractivity contribution >= 4 is 15.8 Å². The molecule has 0 aliphatic carbocycles. The third-order valence-corrected chi connectivity index (χ3v) is 4.94. The van der Waals surface area contributed by atoms with Gasteiger partial charge in [-0.05, 0) is 36.4 Å². The SMILES string of the molecule is O=C(CNS(=O)(=O)c1ccccc1)c1cc(F)cc(-c2ncccn2)c1. The van der Waals surface area contributed by atoms with Crippen molar-refractivity contribution in [3.8, 4) is 11.4 Å². The van der Waals surface area contributed by atoms with Crippen LogP contribution in [-0.2, 0) is 10.0 Å². The molecule has 0 saturated heterocycles. The Morgan fingerprint density at radius 3 is 2.38 bits per heavy atom.